The third-order valence-electron chi connectivity index (χ3n) is 2.85. The predicted octanol–water partition coefficient (Wildman–Crippen LogP) is 1.20. The van der Waals surface area contributed by atoms with Gasteiger partial charge in [0.05, 0.1) is 7.11 Å². The minimum atomic E-state index is -0.321. The van der Waals surface area contributed by atoms with Gasteiger partial charge in [-0.1, -0.05) is 0 Å². The summed E-state index contributed by atoms with van der Waals surface area (Å²) in [6.45, 7) is 2.04. The molecule has 0 aliphatic carbocycles. The van der Waals surface area contributed by atoms with Crippen LogP contribution in [0.1, 0.15) is 0 Å². The van der Waals surface area contributed by atoms with Crippen molar-refractivity contribution in [1.82, 2.24) is 5.32 Å². The highest BCUT2D eigenvalue weighted by Gasteiger charge is 2.25. The maximum absolute atomic E-state index is 12.8. The molecule has 0 aromatic heterocycles. The Morgan fingerprint density at radius 1 is 1.44 bits per heavy atom. The van der Waals surface area contributed by atoms with E-state index in [0.717, 1.165) is 12.2 Å². The van der Waals surface area contributed by atoms with E-state index in [2.05, 4.69) is 5.32 Å². The van der Waals surface area contributed by atoms with Gasteiger partial charge in [-0.15, -0.1) is 12.4 Å². The molecule has 1 unspecified atom stereocenters. The third-order valence-corrected chi connectivity index (χ3v) is 2.85. The number of rotatable bonds is 2. The molecule has 0 bridgehead atoms. The van der Waals surface area contributed by atoms with E-state index in [1.165, 1.54) is 19.2 Å². The van der Waals surface area contributed by atoms with Gasteiger partial charge in [-0.25, -0.2) is 4.39 Å². The van der Waals surface area contributed by atoms with E-state index >= 15 is 0 Å². The van der Waals surface area contributed by atoms with Crippen molar-refractivity contribution < 1.29 is 13.9 Å². The van der Waals surface area contributed by atoms with Crippen LogP contribution < -0.4 is 10.2 Å². The predicted molar refractivity (Wildman–Crippen MR) is 69.7 cm³/mol. The van der Waals surface area contributed by atoms with E-state index in [-0.39, 0.29) is 30.2 Å². The minimum absolute atomic E-state index is 0. The van der Waals surface area contributed by atoms with E-state index in [0.29, 0.717) is 13.1 Å². The zero-order chi connectivity index (χ0) is 12.3. The maximum Gasteiger partial charge on any atom is 0.324 e. The molecule has 0 spiro atoms. The highest BCUT2D eigenvalue weighted by molar-refractivity contribution is 5.85. The van der Waals surface area contributed by atoms with Gasteiger partial charge in [-0.05, 0) is 24.3 Å². The van der Waals surface area contributed by atoms with Crippen molar-refractivity contribution in [2.24, 2.45) is 0 Å². The van der Waals surface area contributed by atoms with Crippen LogP contribution in [0.3, 0.4) is 0 Å². The lowest BCUT2D eigenvalue weighted by Crippen LogP contribution is -2.54. The van der Waals surface area contributed by atoms with Gasteiger partial charge in [-0.2, -0.15) is 0 Å². The molecule has 1 aliphatic rings. The molecule has 1 aromatic rings. The van der Waals surface area contributed by atoms with Crippen LogP contribution in [0, 0.1) is 5.82 Å². The minimum Gasteiger partial charge on any atom is -0.468 e. The quantitative estimate of drug-likeness (QED) is 0.823. The second-order valence-electron chi connectivity index (χ2n) is 3.95. The van der Waals surface area contributed by atoms with Crippen LogP contribution in [0.4, 0.5) is 10.1 Å². The van der Waals surface area contributed by atoms with Gasteiger partial charge >= 0.3 is 5.97 Å². The van der Waals surface area contributed by atoms with Crippen LogP contribution >= 0.6 is 12.4 Å². The second-order valence-corrected chi connectivity index (χ2v) is 3.95. The fraction of sp³-hybridized carbons (Fsp3) is 0.417. The van der Waals surface area contributed by atoms with E-state index < -0.39 is 0 Å². The standard InChI is InChI=1S/C12H15FN2O2.ClH/c1-17-12(16)11-8-15(7-6-14-11)10-4-2-9(13)3-5-10;/h2-5,11,14H,6-8H2,1H3;1H. The number of hydrogen-bond acceptors (Lipinski definition) is 4. The maximum atomic E-state index is 12.8. The Bertz CT molecular complexity index is 400. The van der Waals surface area contributed by atoms with Crippen LogP contribution in [0.15, 0.2) is 24.3 Å². The summed E-state index contributed by atoms with van der Waals surface area (Å²) in [6.07, 6.45) is 0. The average Bonchev–Trinajstić information content (AvgIpc) is 2.39. The van der Waals surface area contributed by atoms with Gasteiger partial charge in [0.2, 0.25) is 0 Å². The lowest BCUT2D eigenvalue weighted by molar-refractivity contribution is -0.143. The number of esters is 1. The molecular weight excluding hydrogens is 259 g/mol. The molecule has 1 atom stereocenters. The van der Waals surface area contributed by atoms with Gasteiger partial charge in [0.25, 0.3) is 0 Å². The summed E-state index contributed by atoms with van der Waals surface area (Å²) >= 11 is 0. The monoisotopic (exact) mass is 274 g/mol. The van der Waals surface area contributed by atoms with Crippen molar-refractivity contribution in [3.05, 3.63) is 30.1 Å². The summed E-state index contributed by atoms with van der Waals surface area (Å²) in [7, 11) is 1.38. The molecule has 1 aromatic carbocycles. The van der Waals surface area contributed by atoms with Crippen molar-refractivity contribution in [3.8, 4) is 0 Å². The Hall–Kier alpha value is -1.33. The molecule has 1 N–H and O–H groups in total. The molecule has 0 radical (unpaired) electrons. The molecule has 2 rings (SSSR count). The molecule has 18 heavy (non-hydrogen) atoms. The molecule has 1 aliphatic heterocycles. The van der Waals surface area contributed by atoms with E-state index in [1.807, 2.05) is 4.90 Å². The fourth-order valence-corrected chi connectivity index (χ4v) is 1.94. The Labute approximate surface area is 112 Å². The van der Waals surface area contributed by atoms with Gasteiger partial charge in [0.1, 0.15) is 11.9 Å². The summed E-state index contributed by atoms with van der Waals surface area (Å²) in [5.74, 6) is -0.523. The zero-order valence-corrected chi connectivity index (χ0v) is 10.9. The smallest absolute Gasteiger partial charge is 0.324 e. The highest BCUT2D eigenvalue weighted by Crippen LogP contribution is 2.16. The number of hydrogen-bond donors (Lipinski definition) is 1. The normalized spacial score (nSPS) is 19.0. The number of anilines is 1. The van der Waals surface area contributed by atoms with Gasteiger partial charge in [0.15, 0.2) is 0 Å². The van der Waals surface area contributed by atoms with Gasteiger partial charge in [-0.3, -0.25) is 4.79 Å². The molecule has 0 saturated carbocycles. The van der Waals surface area contributed by atoms with Crippen molar-refractivity contribution >= 4 is 24.1 Å². The molecular formula is C12H16ClFN2O2. The molecule has 1 fully saturated rings. The number of halogens is 2. The van der Waals surface area contributed by atoms with Gasteiger partial charge < -0.3 is 15.0 Å². The molecule has 6 heteroatoms. The second kappa shape index (κ2) is 6.56. The first-order valence-corrected chi connectivity index (χ1v) is 5.52. The summed E-state index contributed by atoms with van der Waals surface area (Å²) in [6, 6.07) is 5.96. The van der Waals surface area contributed by atoms with Crippen LogP contribution in [0.5, 0.6) is 0 Å². The Morgan fingerprint density at radius 2 is 2.11 bits per heavy atom. The van der Waals surface area contributed by atoms with E-state index in [4.69, 9.17) is 4.74 Å². The topological polar surface area (TPSA) is 41.6 Å². The van der Waals surface area contributed by atoms with Crippen LogP contribution in [0.2, 0.25) is 0 Å². The van der Waals surface area contributed by atoms with E-state index in [1.54, 1.807) is 12.1 Å². The van der Waals surface area contributed by atoms with Crippen molar-refractivity contribution in [1.29, 1.82) is 0 Å². The average molecular weight is 275 g/mol. The SMILES string of the molecule is COC(=O)C1CN(c2ccc(F)cc2)CCN1.Cl. The largest absolute Gasteiger partial charge is 0.468 e. The van der Waals surface area contributed by atoms with E-state index in [9.17, 15) is 9.18 Å². The molecule has 1 saturated heterocycles. The molecule has 1 heterocycles. The van der Waals surface area contributed by atoms with Crippen LogP contribution in [-0.2, 0) is 9.53 Å². The molecule has 4 nitrogen and oxygen atoms in total. The number of nitrogens with zero attached hydrogens (tertiary/aromatic N) is 1. The number of methoxy groups -OCH3 is 1. The first-order chi connectivity index (χ1) is 8.20. The summed E-state index contributed by atoms with van der Waals surface area (Å²) in [4.78, 5) is 13.5. The fourth-order valence-electron chi connectivity index (χ4n) is 1.94. The van der Waals surface area contributed by atoms with Crippen LogP contribution in [0.25, 0.3) is 0 Å². The Kier molecular flexibility index (Phi) is 5.37. The number of carbonyl (C=O) groups excluding carboxylic acids is 1. The number of benzene rings is 1. The molecule has 100 valence electrons. The first-order valence-electron chi connectivity index (χ1n) is 5.52. The Morgan fingerprint density at radius 3 is 2.72 bits per heavy atom. The van der Waals surface area contributed by atoms with Crippen molar-refractivity contribution in [2.45, 2.75) is 6.04 Å². The zero-order valence-electron chi connectivity index (χ0n) is 10.1. The van der Waals surface area contributed by atoms with Crippen LogP contribution in [-0.4, -0.2) is 38.8 Å². The molecule has 0 amide bonds. The lowest BCUT2D eigenvalue weighted by atomic mass is 10.2. The third kappa shape index (κ3) is 3.34. The number of ether oxygens (including phenoxy) is 1. The van der Waals surface area contributed by atoms with Crippen molar-refractivity contribution in [3.63, 3.8) is 0 Å². The van der Waals surface area contributed by atoms with Crippen molar-refractivity contribution in [2.75, 3.05) is 31.6 Å². The highest BCUT2D eigenvalue weighted by atomic mass is 35.5. The van der Waals surface area contributed by atoms with Gasteiger partial charge in [0, 0.05) is 25.3 Å². The summed E-state index contributed by atoms with van der Waals surface area (Å²) in [5, 5.41) is 3.09. The number of nitrogens with one attached hydrogen (secondary N) is 1. The Balaban J connectivity index is 0.00000162. The first kappa shape index (κ1) is 14.7. The lowest BCUT2D eigenvalue weighted by Gasteiger charge is -2.33. The summed E-state index contributed by atoms with van der Waals surface area (Å²) < 4.78 is 17.5. The number of carbonyl (C=O) groups is 1. The summed E-state index contributed by atoms with van der Waals surface area (Å²) in [5.41, 5.74) is 0.918. The number of piperazine rings is 1.